The van der Waals surface area contributed by atoms with Gasteiger partial charge in [-0.25, -0.2) is 0 Å². The molecular weight excluding hydrogens is 408 g/mol. The van der Waals surface area contributed by atoms with Crippen LogP contribution in [-0.4, -0.2) is 56.5 Å². The highest BCUT2D eigenvalue weighted by atomic mass is 16.8. The molecule has 6 heteroatoms. The first-order valence-electron chi connectivity index (χ1n) is 13.5. The molecule has 3 fully saturated rings. The molecule has 0 aromatic rings. The largest absolute Gasteiger partial charge is 0.457 e. The molecule has 0 bridgehead atoms. The first kappa shape index (κ1) is 25.9. The van der Waals surface area contributed by atoms with Gasteiger partial charge in [0.1, 0.15) is 18.8 Å². The number of fused-ring (bicyclic) bond motifs is 2. The van der Waals surface area contributed by atoms with Crippen LogP contribution < -0.4 is 0 Å². The highest BCUT2D eigenvalue weighted by molar-refractivity contribution is 5.69. The fraction of sp³-hybridized carbons (Fsp3) is 0.962. The van der Waals surface area contributed by atoms with E-state index in [0.29, 0.717) is 32.8 Å². The maximum Gasteiger partial charge on any atom is 0.306 e. The van der Waals surface area contributed by atoms with Crippen LogP contribution in [0.4, 0.5) is 0 Å². The van der Waals surface area contributed by atoms with Gasteiger partial charge in [-0.15, -0.1) is 0 Å². The van der Waals surface area contributed by atoms with Crippen molar-refractivity contribution in [2.75, 3.05) is 26.4 Å². The molecule has 3 aliphatic heterocycles. The Hall–Kier alpha value is -0.690. The number of carbonyl (C=O) groups is 1. The van der Waals surface area contributed by atoms with E-state index >= 15 is 0 Å². The maximum atomic E-state index is 12.2. The van der Waals surface area contributed by atoms with E-state index in [1.54, 1.807) is 0 Å². The van der Waals surface area contributed by atoms with Crippen molar-refractivity contribution in [2.24, 2.45) is 0 Å². The predicted molar refractivity (Wildman–Crippen MR) is 124 cm³/mol. The average Bonchev–Trinajstić information content (AvgIpc) is 3.51. The van der Waals surface area contributed by atoms with Crippen LogP contribution in [0, 0.1) is 0 Å². The molecular formula is C26H46O6. The molecule has 0 amide bonds. The smallest absolute Gasteiger partial charge is 0.306 e. The molecule has 186 valence electrons. The lowest BCUT2D eigenvalue weighted by Gasteiger charge is -2.25. The van der Waals surface area contributed by atoms with Crippen LogP contribution in [0.25, 0.3) is 0 Å². The van der Waals surface area contributed by atoms with Crippen LogP contribution in [0.5, 0.6) is 0 Å². The number of unbranched alkanes of at least 4 members (excludes halogenated alkanes) is 14. The summed E-state index contributed by atoms with van der Waals surface area (Å²) in [5.41, 5.74) is 0. The van der Waals surface area contributed by atoms with Crippen LogP contribution in [0.1, 0.15) is 110 Å². The van der Waals surface area contributed by atoms with Crippen molar-refractivity contribution in [1.82, 2.24) is 0 Å². The molecule has 0 aliphatic carbocycles. The van der Waals surface area contributed by atoms with E-state index in [0.717, 1.165) is 12.8 Å². The molecule has 3 saturated heterocycles. The van der Waals surface area contributed by atoms with Crippen molar-refractivity contribution in [2.45, 2.75) is 134 Å². The minimum absolute atomic E-state index is 0.147. The van der Waals surface area contributed by atoms with E-state index in [4.69, 9.17) is 23.7 Å². The summed E-state index contributed by atoms with van der Waals surface area (Å²) >= 11 is 0. The second kappa shape index (κ2) is 14.5. The second-order valence-corrected chi connectivity index (χ2v) is 9.77. The van der Waals surface area contributed by atoms with Crippen molar-refractivity contribution < 1.29 is 28.5 Å². The molecule has 3 atom stereocenters. The average molecular weight is 455 g/mol. The number of hydrogen-bond donors (Lipinski definition) is 0. The monoisotopic (exact) mass is 454 g/mol. The van der Waals surface area contributed by atoms with E-state index in [9.17, 15) is 4.79 Å². The minimum Gasteiger partial charge on any atom is -0.457 e. The first-order valence-corrected chi connectivity index (χ1v) is 13.5. The van der Waals surface area contributed by atoms with Crippen LogP contribution in [0.15, 0.2) is 0 Å². The van der Waals surface area contributed by atoms with Crippen LogP contribution in [0.2, 0.25) is 0 Å². The highest BCUT2D eigenvalue weighted by Gasteiger charge is 2.61. The SMILES string of the molecule is CCCCCCCCCCCCCCCCCC(=O)O[C@@H]1CO[C@H]2[C@@H]1OCC21OCCO1. The number of rotatable bonds is 17. The van der Waals surface area contributed by atoms with Gasteiger partial charge in [-0.05, 0) is 6.42 Å². The molecule has 1 spiro atoms. The summed E-state index contributed by atoms with van der Waals surface area (Å²) in [6.45, 7) is 4.08. The maximum absolute atomic E-state index is 12.2. The molecule has 0 radical (unpaired) electrons. The highest BCUT2D eigenvalue weighted by Crippen LogP contribution is 2.40. The summed E-state index contributed by atoms with van der Waals surface area (Å²) in [6, 6.07) is 0. The van der Waals surface area contributed by atoms with Gasteiger partial charge in [-0.1, -0.05) is 96.8 Å². The summed E-state index contributed by atoms with van der Waals surface area (Å²) in [6.07, 6.45) is 19.3. The summed E-state index contributed by atoms with van der Waals surface area (Å²) in [4.78, 5) is 12.2. The third-order valence-electron chi connectivity index (χ3n) is 7.06. The predicted octanol–water partition coefficient (Wildman–Crippen LogP) is 5.70. The number of carbonyl (C=O) groups excluding carboxylic acids is 1. The molecule has 0 unspecified atom stereocenters. The van der Waals surface area contributed by atoms with E-state index in [-0.39, 0.29) is 24.3 Å². The molecule has 6 nitrogen and oxygen atoms in total. The van der Waals surface area contributed by atoms with Gasteiger partial charge in [-0.3, -0.25) is 4.79 Å². The van der Waals surface area contributed by atoms with Crippen molar-refractivity contribution >= 4 is 5.97 Å². The Morgan fingerprint density at radius 2 is 1.31 bits per heavy atom. The summed E-state index contributed by atoms with van der Waals surface area (Å²) in [5.74, 6) is -0.938. The Morgan fingerprint density at radius 3 is 1.88 bits per heavy atom. The van der Waals surface area contributed by atoms with Crippen LogP contribution in [0.3, 0.4) is 0 Å². The van der Waals surface area contributed by atoms with E-state index < -0.39 is 5.79 Å². The van der Waals surface area contributed by atoms with E-state index in [2.05, 4.69) is 6.92 Å². The van der Waals surface area contributed by atoms with Crippen molar-refractivity contribution in [3.8, 4) is 0 Å². The van der Waals surface area contributed by atoms with Gasteiger partial charge in [0.05, 0.1) is 19.8 Å². The van der Waals surface area contributed by atoms with Gasteiger partial charge in [-0.2, -0.15) is 0 Å². The lowest BCUT2D eigenvalue weighted by molar-refractivity contribution is -0.207. The fourth-order valence-corrected chi connectivity index (χ4v) is 5.14. The Balaban J connectivity index is 1.10. The number of esters is 1. The van der Waals surface area contributed by atoms with Crippen molar-refractivity contribution in [3.63, 3.8) is 0 Å². The van der Waals surface area contributed by atoms with Gasteiger partial charge >= 0.3 is 5.97 Å². The Kier molecular flexibility index (Phi) is 11.8. The summed E-state index contributed by atoms with van der Waals surface area (Å²) in [5, 5.41) is 0. The zero-order valence-electron chi connectivity index (χ0n) is 20.3. The zero-order chi connectivity index (χ0) is 22.5. The minimum atomic E-state index is -0.792. The molecule has 32 heavy (non-hydrogen) atoms. The molecule has 0 aromatic carbocycles. The second-order valence-electron chi connectivity index (χ2n) is 9.77. The van der Waals surface area contributed by atoms with Gasteiger partial charge < -0.3 is 23.7 Å². The van der Waals surface area contributed by atoms with Gasteiger partial charge in [0.15, 0.2) is 6.10 Å². The molecule has 3 heterocycles. The lowest BCUT2D eigenvalue weighted by atomic mass is 10.0. The zero-order valence-corrected chi connectivity index (χ0v) is 20.3. The first-order chi connectivity index (χ1) is 15.7. The Morgan fingerprint density at radius 1 is 0.781 bits per heavy atom. The van der Waals surface area contributed by atoms with Crippen molar-refractivity contribution in [3.05, 3.63) is 0 Å². The van der Waals surface area contributed by atoms with E-state index in [1.165, 1.54) is 83.5 Å². The third kappa shape index (κ3) is 7.96. The summed E-state index contributed by atoms with van der Waals surface area (Å²) in [7, 11) is 0. The Labute approximate surface area is 195 Å². The molecule has 0 saturated carbocycles. The van der Waals surface area contributed by atoms with Crippen LogP contribution >= 0.6 is 0 Å². The normalized spacial score (nSPS) is 26.1. The fourth-order valence-electron chi connectivity index (χ4n) is 5.14. The van der Waals surface area contributed by atoms with E-state index in [1.807, 2.05) is 0 Å². The topological polar surface area (TPSA) is 63.2 Å². The van der Waals surface area contributed by atoms with Gasteiger partial charge in [0.25, 0.3) is 0 Å². The number of ether oxygens (including phenoxy) is 5. The van der Waals surface area contributed by atoms with Crippen molar-refractivity contribution in [1.29, 1.82) is 0 Å². The summed E-state index contributed by atoms with van der Waals surface area (Å²) < 4.78 is 28.7. The third-order valence-corrected chi connectivity index (χ3v) is 7.06. The van der Waals surface area contributed by atoms with Crippen LogP contribution in [-0.2, 0) is 28.5 Å². The standard InChI is InChI=1S/C26H46O6/c1-2-3-4-5-6-7-8-9-10-11-12-13-14-15-16-17-23(27)32-22-20-28-25-24(22)29-21-26(25)30-18-19-31-26/h22,24-25H,2-21H2,1H3/t22-,24-,25+/m1/s1. The lowest BCUT2D eigenvalue weighted by Crippen LogP contribution is -2.45. The molecule has 0 N–H and O–H groups in total. The number of hydrogen-bond acceptors (Lipinski definition) is 6. The molecule has 3 aliphatic rings. The molecule has 3 rings (SSSR count). The molecule has 0 aromatic heterocycles. The quantitative estimate of drug-likeness (QED) is 0.207. The van der Waals surface area contributed by atoms with Gasteiger partial charge in [0, 0.05) is 6.42 Å². The Bertz CT molecular complexity index is 518. The van der Waals surface area contributed by atoms with Gasteiger partial charge in [0.2, 0.25) is 5.79 Å².